The van der Waals surface area contributed by atoms with Crippen molar-refractivity contribution >= 4 is 5.69 Å². The SMILES string of the molecule is CC(Nc1ccc(-c2nncn2C)cc1)C1CC1. The van der Waals surface area contributed by atoms with Gasteiger partial charge >= 0.3 is 0 Å². The Bertz CT molecular complexity index is 525. The maximum atomic E-state index is 4.11. The Hall–Kier alpha value is -1.84. The molecule has 1 fully saturated rings. The first-order valence-corrected chi connectivity index (χ1v) is 6.45. The topological polar surface area (TPSA) is 42.7 Å². The molecule has 4 heteroatoms. The Labute approximate surface area is 107 Å². The van der Waals surface area contributed by atoms with Gasteiger partial charge in [0.25, 0.3) is 0 Å². The zero-order chi connectivity index (χ0) is 12.5. The number of anilines is 1. The van der Waals surface area contributed by atoms with Gasteiger partial charge in [-0.15, -0.1) is 10.2 Å². The van der Waals surface area contributed by atoms with Crippen LogP contribution in [-0.2, 0) is 7.05 Å². The lowest BCUT2D eigenvalue weighted by molar-refractivity contribution is 0.694. The van der Waals surface area contributed by atoms with Crippen LogP contribution in [0, 0.1) is 5.92 Å². The fourth-order valence-electron chi connectivity index (χ4n) is 2.24. The molecule has 0 bridgehead atoms. The summed E-state index contributed by atoms with van der Waals surface area (Å²) in [6.07, 6.45) is 4.45. The highest BCUT2D eigenvalue weighted by Crippen LogP contribution is 2.34. The van der Waals surface area contributed by atoms with Gasteiger partial charge in [0.1, 0.15) is 6.33 Å². The lowest BCUT2D eigenvalue weighted by Crippen LogP contribution is -2.16. The van der Waals surface area contributed by atoms with Gasteiger partial charge in [-0.1, -0.05) is 0 Å². The van der Waals surface area contributed by atoms with Crippen LogP contribution in [0.1, 0.15) is 19.8 Å². The summed E-state index contributed by atoms with van der Waals surface area (Å²) in [7, 11) is 1.96. The molecular weight excluding hydrogens is 224 g/mol. The predicted octanol–water partition coefficient (Wildman–Crippen LogP) is 2.69. The van der Waals surface area contributed by atoms with Crippen LogP contribution in [0.3, 0.4) is 0 Å². The van der Waals surface area contributed by atoms with Crippen molar-refractivity contribution < 1.29 is 0 Å². The average molecular weight is 242 g/mol. The van der Waals surface area contributed by atoms with Gasteiger partial charge in [0.05, 0.1) is 0 Å². The molecular formula is C14H18N4. The van der Waals surface area contributed by atoms with E-state index in [-0.39, 0.29) is 0 Å². The summed E-state index contributed by atoms with van der Waals surface area (Å²) < 4.78 is 1.93. The molecule has 0 saturated heterocycles. The van der Waals surface area contributed by atoms with E-state index >= 15 is 0 Å². The third-order valence-electron chi connectivity index (χ3n) is 3.58. The van der Waals surface area contributed by atoms with Crippen LogP contribution in [0.5, 0.6) is 0 Å². The van der Waals surface area contributed by atoms with Crippen molar-refractivity contribution in [3.05, 3.63) is 30.6 Å². The Morgan fingerprint density at radius 3 is 2.56 bits per heavy atom. The van der Waals surface area contributed by atoms with Crippen LogP contribution < -0.4 is 5.32 Å². The number of benzene rings is 1. The Balaban J connectivity index is 1.74. The first-order chi connectivity index (χ1) is 8.74. The fourth-order valence-corrected chi connectivity index (χ4v) is 2.24. The zero-order valence-electron chi connectivity index (χ0n) is 10.8. The summed E-state index contributed by atoms with van der Waals surface area (Å²) in [4.78, 5) is 0. The number of nitrogens with one attached hydrogen (secondary N) is 1. The normalized spacial score (nSPS) is 16.6. The lowest BCUT2D eigenvalue weighted by Gasteiger charge is -2.14. The Kier molecular flexibility index (Phi) is 2.78. The van der Waals surface area contributed by atoms with Crippen molar-refractivity contribution in [1.82, 2.24) is 14.8 Å². The second-order valence-corrected chi connectivity index (χ2v) is 5.11. The van der Waals surface area contributed by atoms with E-state index < -0.39 is 0 Å². The summed E-state index contributed by atoms with van der Waals surface area (Å²) in [5, 5.41) is 11.6. The average Bonchev–Trinajstić information content (AvgIpc) is 3.14. The third-order valence-corrected chi connectivity index (χ3v) is 3.58. The minimum absolute atomic E-state index is 0.575. The molecule has 1 aromatic heterocycles. The standard InChI is InChI=1S/C14H18N4/c1-10(11-3-4-11)16-13-7-5-12(6-8-13)14-17-15-9-18(14)2/h5-11,16H,3-4H2,1-2H3. The number of nitrogens with zero attached hydrogens (tertiary/aromatic N) is 3. The first-order valence-electron chi connectivity index (χ1n) is 6.45. The van der Waals surface area contributed by atoms with Crippen molar-refractivity contribution in [1.29, 1.82) is 0 Å². The van der Waals surface area contributed by atoms with E-state index in [0.29, 0.717) is 6.04 Å². The number of aryl methyl sites for hydroxylation is 1. The van der Waals surface area contributed by atoms with Crippen LogP contribution in [-0.4, -0.2) is 20.8 Å². The molecule has 0 amide bonds. The van der Waals surface area contributed by atoms with Crippen LogP contribution >= 0.6 is 0 Å². The van der Waals surface area contributed by atoms with Crippen molar-refractivity contribution in [2.45, 2.75) is 25.8 Å². The molecule has 1 aliphatic carbocycles. The molecule has 4 nitrogen and oxygen atoms in total. The largest absolute Gasteiger partial charge is 0.382 e. The van der Waals surface area contributed by atoms with Crippen LogP contribution in [0.25, 0.3) is 11.4 Å². The molecule has 1 saturated carbocycles. The van der Waals surface area contributed by atoms with Gasteiger partial charge < -0.3 is 9.88 Å². The molecule has 1 aromatic carbocycles. The predicted molar refractivity (Wildman–Crippen MR) is 72.2 cm³/mol. The molecule has 0 spiro atoms. The molecule has 94 valence electrons. The second-order valence-electron chi connectivity index (χ2n) is 5.11. The first kappa shape index (κ1) is 11.3. The van der Waals surface area contributed by atoms with Gasteiger partial charge in [0.15, 0.2) is 5.82 Å². The lowest BCUT2D eigenvalue weighted by atomic mass is 10.1. The Morgan fingerprint density at radius 2 is 2.00 bits per heavy atom. The molecule has 1 N–H and O–H groups in total. The minimum atomic E-state index is 0.575. The zero-order valence-corrected chi connectivity index (χ0v) is 10.8. The number of rotatable bonds is 4. The second kappa shape index (κ2) is 4.44. The maximum absolute atomic E-state index is 4.11. The number of aromatic nitrogens is 3. The molecule has 1 aliphatic rings. The summed E-state index contributed by atoms with van der Waals surface area (Å²) in [5.41, 5.74) is 2.28. The van der Waals surface area contributed by atoms with Crippen molar-refractivity contribution in [2.75, 3.05) is 5.32 Å². The highest BCUT2D eigenvalue weighted by molar-refractivity contribution is 5.59. The van der Waals surface area contributed by atoms with Gasteiger partial charge in [-0.3, -0.25) is 0 Å². The number of hydrogen-bond donors (Lipinski definition) is 1. The molecule has 1 unspecified atom stereocenters. The van der Waals surface area contributed by atoms with Crippen LogP contribution in [0.15, 0.2) is 30.6 Å². The van der Waals surface area contributed by atoms with Crippen molar-refractivity contribution in [3.8, 4) is 11.4 Å². The molecule has 2 aromatic rings. The minimum Gasteiger partial charge on any atom is -0.382 e. The summed E-state index contributed by atoms with van der Waals surface area (Å²) in [6, 6.07) is 8.98. The van der Waals surface area contributed by atoms with E-state index in [9.17, 15) is 0 Å². The van der Waals surface area contributed by atoms with Crippen molar-refractivity contribution in [3.63, 3.8) is 0 Å². The van der Waals surface area contributed by atoms with Gasteiger partial charge in [0, 0.05) is 24.3 Å². The molecule has 3 rings (SSSR count). The summed E-state index contributed by atoms with van der Waals surface area (Å²) in [5.74, 6) is 1.76. The van der Waals surface area contributed by atoms with Gasteiger partial charge in [-0.2, -0.15) is 0 Å². The Morgan fingerprint density at radius 1 is 1.28 bits per heavy atom. The molecule has 0 radical (unpaired) electrons. The molecule has 1 heterocycles. The van der Waals surface area contributed by atoms with E-state index in [4.69, 9.17) is 0 Å². The highest BCUT2D eigenvalue weighted by Gasteiger charge is 2.27. The highest BCUT2D eigenvalue weighted by atomic mass is 15.2. The van der Waals surface area contributed by atoms with Gasteiger partial charge in [-0.05, 0) is 49.9 Å². The fraction of sp³-hybridized carbons (Fsp3) is 0.429. The van der Waals surface area contributed by atoms with Crippen LogP contribution in [0.4, 0.5) is 5.69 Å². The van der Waals surface area contributed by atoms with Gasteiger partial charge in [0.2, 0.25) is 0 Å². The van der Waals surface area contributed by atoms with E-state index in [1.165, 1.54) is 18.5 Å². The maximum Gasteiger partial charge on any atom is 0.163 e. The molecule has 1 atom stereocenters. The summed E-state index contributed by atoms with van der Waals surface area (Å²) >= 11 is 0. The molecule has 18 heavy (non-hydrogen) atoms. The van der Waals surface area contributed by atoms with E-state index in [1.807, 2.05) is 11.6 Å². The van der Waals surface area contributed by atoms with Gasteiger partial charge in [-0.25, -0.2) is 0 Å². The quantitative estimate of drug-likeness (QED) is 0.896. The van der Waals surface area contributed by atoms with E-state index in [1.54, 1.807) is 6.33 Å². The number of hydrogen-bond acceptors (Lipinski definition) is 3. The third kappa shape index (κ3) is 2.23. The van der Waals surface area contributed by atoms with E-state index in [0.717, 1.165) is 17.3 Å². The molecule has 0 aliphatic heterocycles. The summed E-state index contributed by atoms with van der Waals surface area (Å²) in [6.45, 7) is 2.26. The monoisotopic (exact) mass is 242 g/mol. The van der Waals surface area contributed by atoms with Crippen molar-refractivity contribution in [2.24, 2.45) is 13.0 Å². The smallest absolute Gasteiger partial charge is 0.163 e. The van der Waals surface area contributed by atoms with E-state index in [2.05, 4.69) is 46.7 Å². The van der Waals surface area contributed by atoms with Crippen LogP contribution in [0.2, 0.25) is 0 Å².